The van der Waals surface area contributed by atoms with E-state index < -0.39 is 0 Å². The summed E-state index contributed by atoms with van der Waals surface area (Å²) in [5.41, 5.74) is 16.6. The summed E-state index contributed by atoms with van der Waals surface area (Å²) in [6.45, 7) is -0.0823. The van der Waals surface area contributed by atoms with Gasteiger partial charge >= 0.3 is 0 Å². The highest BCUT2D eigenvalue weighted by molar-refractivity contribution is 7.26. The average molecular weight is 1080 g/mol. The van der Waals surface area contributed by atoms with Crippen LogP contribution in [-0.4, -0.2) is 15.8 Å². The van der Waals surface area contributed by atoms with E-state index in [0.29, 0.717) is 0 Å². The molecule has 83 heavy (non-hydrogen) atoms. The monoisotopic (exact) mass is 1080 g/mol. The maximum atomic E-state index is 2.73. The number of hydrogen-bond donors (Lipinski definition) is 0. The van der Waals surface area contributed by atoms with E-state index in [-0.39, 0.29) is 6.71 Å². The molecule has 0 fully saturated rings. The summed E-state index contributed by atoms with van der Waals surface area (Å²) >= 11 is 3.79. The fourth-order valence-electron chi connectivity index (χ4n) is 16.1. The molecule has 21 rings (SSSR count). The Morgan fingerprint density at radius 1 is 0.241 bits per heavy atom. The van der Waals surface area contributed by atoms with Crippen LogP contribution in [0.2, 0.25) is 0 Å². The maximum absolute atomic E-state index is 2.73. The molecule has 15 aromatic carbocycles. The molecule has 0 saturated carbocycles. The van der Waals surface area contributed by atoms with Crippen LogP contribution in [0.15, 0.2) is 249 Å². The van der Waals surface area contributed by atoms with Gasteiger partial charge in [-0.2, -0.15) is 0 Å². The molecule has 0 aliphatic carbocycles. The van der Waals surface area contributed by atoms with Crippen molar-refractivity contribution in [1.82, 2.24) is 9.13 Å². The molecule has 2 aliphatic rings. The molecule has 2 aliphatic heterocycles. The summed E-state index contributed by atoms with van der Waals surface area (Å²) in [6.07, 6.45) is 0. The first-order chi connectivity index (χ1) is 41.2. The number of thiophene rings is 2. The van der Waals surface area contributed by atoms with Gasteiger partial charge in [0.25, 0.3) is 6.71 Å². The summed E-state index contributed by atoms with van der Waals surface area (Å²) in [7, 11) is 0. The van der Waals surface area contributed by atoms with Crippen molar-refractivity contribution in [3.05, 3.63) is 249 Å². The minimum atomic E-state index is -0.0823. The van der Waals surface area contributed by atoms with Crippen LogP contribution in [0.25, 0.3) is 182 Å². The van der Waals surface area contributed by atoms with Crippen LogP contribution in [-0.2, 0) is 0 Å². The largest absolute Gasteiger partial charge is 0.310 e. The van der Waals surface area contributed by atoms with E-state index in [0.717, 1.165) is 0 Å². The van der Waals surface area contributed by atoms with Crippen LogP contribution in [0.3, 0.4) is 0 Å². The van der Waals surface area contributed by atoms with Gasteiger partial charge in [0.15, 0.2) is 0 Å². The highest BCUT2D eigenvalue weighted by Gasteiger charge is 2.42. The van der Waals surface area contributed by atoms with E-state index in [1.54, 1.807) is 0 Å². The second kappa shape index (κ2) is 15.5. The minimum absolute atomic E-state index is 0.0823. The Hall–Kier alpha value is -10.0. The summed E-state index contributed by atoms with van der Waals surface area (Å²) < 4.78 is 10.7. The van der Waals surface area contributed by atoms with Crippen molar-refractivity contribution in [3.8, 4) is 33.6 Å². The van der Waals surface area contributed by atoms with Gasteiger partial charge in [0.05, 0.1) is 16.6 Å². The predicted molar refractivity (Wildman–Crippen MR) is 361 cm³/mol. The van der Waals surface area contributed by atoms with Crippen molar-refractivity contribution in [1.29, 1.82) is 0 Å². The Bertz CT molecular complexity index is 6230. The van der Waals surface area contributed by atoms with Crippen molar-refractivity contribution in [2.24, 2.45) is 0 Å². The van der Waals surface area contributed by atoms with Gasteiger partial charge < -0.3 is 9.13 Å². The minimum Gasteiger partial charge on any atom is -0.310 e. The number of benzene rings is 15. The molecular weight excluding hydrogens is 1040 g/mol. The average Bonchev–Trinajstić information content (AvgIpc) is 2.37. The zero-order valence-corrected chi connectivity index (χ0v) is 46.1. The molecule has 0 unspecified atom stereocenters. The Kier molecular flexibility index (Phi) is 8.16. The van der Waals surface area contributed by atoms with E-state index in [2.05, 4.69) is 258 Å². The Morgan fingerprint density at radius 2 is 0.687 bits per heavy atom. The lowest BCUT2D eigenvalue weighted by Crippen LogP contribution is -2.59. The SMILES string of the molecule is c1cc2c3c(c1)-n1c4c(cc5c6ccccc6c6ccccc6c5c4c4ccc5c6ccccc6c6ccccc6c5c41)B3c1cc(-c3ccc4c(c3)sc3ccccc34)cc3c4cc(-c5ccc6c(c5)sc5ccccc56)ccc4n-2c13. The molecule has 0 atom stereocenters. The van der Waals surface area contributed by atoms with Crippen molar-refractivity contribution in [3.63, 3.8) is 0 Å². The number of hydrogen-bond acceptors (Lipinski definition) is 2. The summed E-state index contributed by atoms with van der Waals surface area (Å²) in [6, 6.07) is 95.7. The summed E-state index contributed by atoms with van der Waals surface area (Å²) in [4.78, 5) is 0. The normalized spacial score (nSPS) is 13.0. The lowest BCUT2D eigenvalue weighted by molar-refractivity contribution is 1.15. The lowest BCUT2D eigenvalue weighted by atomic mass is 9.34. The molecule has 0 radical (unpaired) electrons. The molecule has 0 N–H and O–H groups in total. The first kappa shape index (κ1) is 43.7. The Balaban J connectivity index is 0.941. The fourth-order valence-corrected chi connectivity index (χ4v) is 18.4. The van der Waals surface area contributed by atoms with E-state index in [1.165, 1.54) is 199 Å². The number of fused-ring (bicyclic) bond motifs is 30. The van der Waals surface area contributed by atoms with E-state index in [9.17, 15) is 0 Å². The number of aromatic nitrogens is 2. The third kappa shape index (κ3) is 5.46. The van der Waals surface area contributed by atoms with Crippen molar-refractivity contribution in [2.45, 2.75) is 0 Å². The topological polar surface area (TPSA) is 9.86 Å². The van der Waals surface area contributed by atoms with Crippen LogP contribution in [0.4, 0.5) is 0 Å². The van der Waals surface area contributed by atoms with Crippen LogP contribution >= 0.6 is 22.7 Å². The van der Waals surface area contributed by atoms with Crippen molar-refractivity contribution < 1.29 is 0 Å². The predicted octanol–water partition coefficient (Wildman–Crippen LogP) is 20.0. The standard InChI is InChI=1S/C78H41BN2S2/c1-3-18-50-46(14-1)49-17-6-8-23-57(49)73-58(50)33-34-59-74-72-56-22-7-5-16-48(56)47-15-2-4-19-51(47)61(72)41-64-78(74)81(77(59)73)67-25-13-24-66-75(67)79(64)63-38-45(44-29-32-55-53-21-10-12-27-69(53)83-71(55)40-44)37-62-60-36-42(30-35-65(60)80(66)76(62)63)43-28-31-54-52-20-9-11-26-68(52)82-70(54)39-43/h1-41H. The first-order valence-electron chi connectivity index (χ1n) is 28.8. The van der Waals surface area contributed by atoms with Crippen LogP contribution < -0.4 is 16.4 Å². The van der Waals surface area contributed by atoms with Gasteiger partial charge in [0.2, 0.25) is 0 Å². The molecule has 4 aromatic heterocycles. The molecule has 378 valence electrons. The van der Waals surface area contributed by atoms with Gasteiger partial charge in [-0.05, 0) is 147 Å². The molecule has 0 amide bonds. The number of rotatable bonds is 2. The molecule has 0 bridgehead atoms. The van der Waals surface area contributed by atoms with E-state index in [1.807, 2.05) is 22.7 Å². The van der Waals surface area contributed by atoms with Gasteiger partial charge in [-0.1, -0.05) is 194 Å². The van der Waals surface area contributed by atoms with Crippen molar-refractivity contribution >= 4 is 194 Å². The van der Waals surface area contributed by atoms with Crippen molar-refractivity contribution in [2.75, 3.05) is 0 Å². The molecule has 0 saturated heterocycles. The summed E-state index contributed by atoms with van der Waals surface area (Å²) in [5.74, 6) is 0. The van der Waals surface area contributed by atoms with E-state index in [4.69, 9.17) is 0 Å². The van der Waals surface area contributed by atoms with Gasteiger partial charge in [-0.3, -0.25) is 0 Å². The Morgan fingerprint density at radius 3 is 1.33 bits per heavy atom. The first-order valence-corrected chi connectivity index (χ1v) is 30.5. The lowest BCUT2D eigenvalue weighted by Gasteiger charge is -2.34. The Labute approximate surface area is 482 Å². The third-order valence-corrected chi connectivity index (χ3v) is 21.7. The van der Waals surface area contributed by atoms with Gasteiger partial charge in [-0.25, -0.2) is 0 Å². The molecule has 2 nitrogen and oxygen atoms in total. The van der Waals surface area contributed by atoms with Gasteiger partial charge in [-0.15, -0.1) is 22.7 Å². The quantitative estimate of drug-likeness (QED) is 0.121. The maximum Gasteiger partial charge on any atom is 0.252 e. The van der Waals surface area contributed by atoms with Crippen LogP contribution in [0.5, 0.6) is 0 Å². The van der Waals surface area contributed by atoms with Gasteiger partial charge in [0.1, 0.15) is 0 Å². The molecule has 6 heterocycles. The fraction of sp³-hybridized carbons (Fsp3) is 0. The molecule has 5 heteroatoms. The van der Waals surface area contributed by atoms with Crippen LogP contribution in [0, 0.1) is 0 Å². The third-order valence-electron chi connectivity index (χ3n) is 19.4. The highest BCUT2D eigenvalue weighted by atomic mass is 32.1. The van der Waals surface area contributed by atoms with Gasteiger partial charge in [0, 0.05) is 89.6 Å². The highest BCUT2D eigenvalue weighted by Crippen LogP contribution is 2.50. The molecule has 0 spiro atoms. The number of nitrogens with zero attached hydrogens (tertiary/aromatic N) is 2. The second-order valence-corrected chi connectivity index (χ2v) is 25.5. The zero-order chi connectivity index (χ0) is 53.5. The second-order valence-electron chi connectivity index (χ2n) is 23.3. The smallest absolute Gasteiger partial charge is 0.252 e. The molecule has 19 aromatic rings. The van der Waals surface area contributed by atoms with Crippen LogP contribution in [0.1, 0.15) is 0 Å². The zero-order valence-electron chi connectivity index (χ0n) is 44.5. The van der Waals surface area contributed by atoms with E-state index >= 15 is 0 Å². The molecular formula is C78H41BN2S2. The summed E-state index contributed by atoms with van der Waals surface area (Å²) in [5, 5.41) is 26.0.